The van der Waals surface area contributed by atoms with Crippen LogP contribution in [0.4, 0.5) is 11.4 Å². The van der Waals surface area contributed by atoms with E-state index in [0.717, 1.165) is 17.0 Å². The van der Waals surface area contributed by atoms with Gasteiger partial charge < -0.3 is 15.4 Å². The Bertz CT molecular complexity index is 960. The Morgan fingerprint density at radius 3 is 2.64 bits per heavy atom. The van der Waals surface area contributed by atoms with Gasteiger partial charge in [-0.3, -0.25) is 9.78 Å². The molecular weight excluding hydrogens is 374 g/mol. The highest BCUT2D eigenvalue weighted by atomic mass is 35.5. The van der Waals surface area contributed by atoms with Crippen LogP contribution in [-0.4, -0.2) is 17.0 Å². The minimum Gasteiger partial charge on any atom is -0.489 e. The first-order chi connectivity index (χ1) is 13.5. The number of rotatable bonds is 7. The molecule has 0 spiro atoms. The van der Waals surface area contributed by atoms with Crippen molar-refractivity contribution < 1.29 is 9.53 Å². The summed E-state index contributed by atoms with van der Waals surface area (Å²) in [7, 11) is 0. The Hall–Kier alpha value is -3.05. The number of carbonyl (C=O) groups excluding carboxylic acids is 1. The van der Waals surface area contributed by atoms with Gasteiger partial charge in [0.2, 0.25) is 0 Å². The number of benzene rings is 2. The highest BCUT2D eigenvalue weighted by Crippen LogP contribution is 2.28. The van der Waals surface area contributed by atoms with E-state index in [-0.39, 0.29) is 12.0 Å². The quantitative estimate of drug-likeness (QED) is 0.577. The summed E-state index contributed by atoms with van der Waals surface area (Å²) >= 11 is 6.13. The number of nitrogens with one attached hydrogen (secondary N) is 2. The summed E-state index contributed by atoms with van der Waals surface area (Å²) in [6, 6.07) is 16.8. The van der Waals surface area contributed by atoms with E-state index in [1.807, 2.05) is 56.3 Å². The van der Waals surface area contributed by atoms with E-state index in [1.165, 1.54) is 6.20 Å². The number of amides is 1. The molecule has 1 heterocycles. The molecule has 2 N–H and O–H groups in total. The Morgan fingerprint density at radius 1 is 1.11 bits per heavy atom. The SMILES string of the molecule is CC(C)Oc1ccccc1Nc1cncc(C(=O)NCc2ccccc2Cl)c1. The molecule has 0 saturated heterocycles. The van der Waals surface area contributed by atoms with Crippen molar-refractivity contribution in [1.82, 2.24) is 10.3 Å². The molecule has 0 bridgehead atoms. The van der Waals surface area contributed by atoms with Gasteiger partial charge in [-0.1, -0.05) is 41.9 Å². The fourth-order valence-corrected chi connectivity index (χ4v) is 2.84. The summed E-state index contributed by atoms with van der Waals surface area (Å²) in [5.74, 6) is 0.522. The maximum Gasteiger partial charge on any atom is 0.253 e. The van der Waals surface area contributed by atoms with E-state index < -0.39 is 0 Å². The molecule has 0 aliphatic heterocycles. The molecular formula is C22H22ClN3O2. The van der Waals surface area contributed by atoms with Crippen molar-refractivity contribution in [3.8, 4) is 5.75 Å². The minimum absolute atomic E-state index is 0.0583. The second-order valence-electron chi connectivity index (χ2n) is 6.52. The van der Waals surface area contributed by atoms with Crippen LogP contribution in [0.1, 0.15) is 29.8 Å². The fraction of sp³-hybridized carbons (Fsp3) is 0.182. The third-order valence-electron chi connectivity index (χ3n) is 3.93. The van der Waals surface area contributed by atoms with Gasteiger partial charge in [0.15, 0.2) is 0 Å². The maximum absolute atomic E-state index is 12.5. The molecule has 2 aromatic carbocycles. The molecule has 3 rings (SSSR count). The number of ether oxygens (including phenoxy) is 1. The fourth-order valence-electron chi connectivity index (χ4n) is 2.63. The van der Waals surface area contributed by atoms with Gasteiger partial charge in [-0.25, -0.2) is 0 Å². The second-order valence-corrected chi connectivity index (χ2v) is 6.93. The van der Waals surface area contributed by atoms with Crippen LogP contribution in [0, 0.1) is 0 Å². The van der Waals surface area contributed by atoms with Crippen LogP contribution in [-0.2, 0) is 6.54 Å². The van der Waals surface area contributed by atoms with Crippen LogP contribution in [0.3, 0.4) is 0 Å². The standard InChI is InChI=1S/C22H22ClN3O2/c1-15(2)28-21-10-6-5-9-20(21)26-18-11-17(12-24-14-18)22(27)25-13-16-7-3-4-8-19(16)23/h3-12,14-15,26H,13H2,1-2H3,(H,25,27). The molecule has 1 aromatic heterocycles. The number of hydrogen-bond acceptors (Lipinski definition) is 4. The summed E-state index contributed by atoms with van der Waals surface area (Å²) in [5.41, 5.74) is 2.83. The number of pyridine rings is 1. The van der Waals surface area contributed by atoms with Gasteiger partial charge in [0, 0.05) is 17.8 Å². The number of carbonyl (C=O) groups is 1. The Kier molecular flexibility index (Phi) is 6.50. The zero-order valence-electron chi connectivity index (χ0n) is 15.8. The molecule has 0 aliphatic carbocycles. The van der Waals surface area contributed by atoms with Crippen molar-refractivity contribution >= 4 is 28.9 Å². The molecule has 144 valence electrons. The van der Waals surface area contributed by atoms with Crippen LogP contribution in [0.5, 0.6) is 5.75 Å². The van der Waals surface area contributed by atoms with E-state index >= 15 is 0 Å². The topological polar surface area (TPSA) is 63.2 Å². The van der Waals surface area contributed by atoms with Gasteiger partial charge >= 0.3 is 0 Å². The molecule has 28 heavy (non-hydrogen) atoms. The summed E-state index contributed by atoms with van der Waals surface area (Å²) < 4.78 is 5.82. The molecule has 5 nitrogen and oxygen atoms in total. The highest BCUT2D eigenvalue weighted by molar-refractivity contribution is 6.31. The van der Waals surface area contributed by atoms with E-state index in [9.17, 15) is 4.79 Å². The van der Waals surface area contributed by atoms with Crippen molar-refractivity contribution in [2.75, 3.05) is 5.32 Å². The second kappa shape index (κ2) is 9.24. The normalized spacial score (nSPS) is 10.6. The third kappa shape index (κ3) is 5.24. The van der Waals surface area contributed by atoms with Crippen LogP contribution in [0.25, 0.3) is 0 Å². The minimum atomic E-state index is -0.220. The van der Waals surface area contributed by atoms with Crippen molar-refractivity contribution in [3.05, 3.63) is 83.1 Å². The number of hydrogen-bond donors (Lipinski definition) is 2. The number of nitrogens with zero attached hydrogens (tertiary/aromatic N) is 1. The first-order valence-corrected chi connectivity index (χ1v) is 9.40. The van der Waals surface area contributed by atoms with Crippen LogP contribution >= 0.6 is 11.6 Å². The van der Waals surface area contributed by atoms with Crippen LogP contribution < -0.4 is 15.4 Å². The monoisotopic (exact) mass is 395 g/mol. The van der Waals surface area contributed by atoms with Crippen molar-refractivity contribution in [2.24, 2.45) is 0 Å². The molecule has 0 fully saturated rings. The first-order valence-electron chi connectivity index (χ1n) is 9.02. The number of halogens is 1. The molecule has 0 atom stereocenters. The maximum atomic E-state index is 12.5. The average molecular weight is 396 g/mol. The third-order valence-corrected chi connectivity index (χ3v) is 4.30. The van der Waals surface area contributed by atoms with Gasteiger partial charge in [-0.15, -0.1) is 0 Å². The van der Waals surface area contributed by atoms with Gasteiger partial charge in [0.25, 0.3) is 5.91 Å². The lowest BCUT2D eigenvalue weighted by molar-refractivity contribution is 0.0950. The number of para-hydroxylation sites is 2. The lowest BCUT2D eigenvalue weighted by Crippen LogP contribution is -2.23. The predicted octanol–water partition coefficient (Wildman–Crippen LogP) is 5.20. The van der Waals surface area contributed by atoms with Gasteiger partial charge in [-0.2, -0.15) is 0 Å². The zero-order valence-corrected chi connectivity index (χ0v) is 16.5. The molecule has 3 aromatic rings. The summed E-state index contributed by atoms with van der Waals surface area (Å²) in [5, 5.41) is 6.76. The van der Waals surface area contributed by atoms with E-state index in [2.05, 4.69) is 15.6 Å². The molecule has 6 heteroatoms. The summed E-state index contributed by atoms with van der Waals surface area (Å²) in [4.78, 5) is 16.7. The predicted molar refractivity (Wildman–Crippen MR) is 112 cm³/mol. The molecule has 0 aliphatic rings. The smallest absolute Gasteiger partial charge is 0.253 e. The Balaban J connectivity index is 1.70. The van der Waals surface area contributed by atoms with E-state index in [4.69, 9.17) is 16.3 Å². The van der Waals surface area contributed by atoms with Crippen LogP contribution in [0.2, 0.25) is 5.02 Å². The van der Waals surface area contributed by atoms with Crippen molar-refractivity contribution in [1.29, 1.82) is 0 Å². The van der Waals surface area contributed by atoms with Crippen LogP contribution in [0.15, 0.2) is 67.0 Å². The van der Waals surface area contributed by atoms with Crippen molar-refractivity contribution in [3.63, 3.8) is 0 Å². The lowest BCUT2D eigenvalue weighted by atomic mass is 10.2. The van der Waals surface area contributed by atoms with Gasteiger partial charge in [-0.05, 0) is 43.7 Å². The number of aromatic nitrogens is 1. The van der Waals surface area contributed by atoms with Gasteiger partial charge in [0.05, 0.1) is 29.2 Å². The lowest BCUT2D eigenvalue weighted by Gasteiger charge is -2.15. The first kappa shape index (κ1) is 19.7. The summed E-state index contributed by atoms with van der Waals surface area (Å²) in [6.45, 7) is 4.30. The highest BCUT2D eigenvalue weighted by Gasteiger charge is 2.10. The Labute approximate surface area is 169 Å². The van der Waals surface area contributed by atoms with E-state index in [0.29, 0.717) is 22.8 Å². The molecule has 0 radical (unpaired) electrons. The molecule has 1 amide bonds. The van der Waals surface area contributed by atoms with Crippen molar-refractivity contribution in [2.45, 2.75) is 26.5 Å². The van der Waals surface area contributed by atoms with Gasteiger partial charge in [0.1, 0.15) is 5.75 Å². The largest absolute Gasteiger partial charge is 0.489 e. The average Bonchev–Trinajstić information content (AvgIpc) is 2.68. The summed E-state index contributed by atoms with van der Waals surface area (Å²) in [6.07, 6.45) is 3.25. The van der Waals surface area contributed by atoms with E-state index in [1.54, 1.807) is 18.3 Å². The molecule has 0 unspecified atom stereocenters. The number of anilines is 2. The molecule has 0 saturated carbocycles. The Morgan fingerprint density at radius 2 is 1.86 bits per heavy atom. The zero-order chi connectivity index (χ0) is 19.9.